The SMILES string of the molecule is c1ccc(-c2ccc(-c3ccccc3)c(-c3ccccc3-c3ccccc3N(c3ccc(-c4ccc5ccccc5c4)cc3)c3ccc(-c4ccc5c(c4)oc4ccccc45)cc3)c2)cc1. The van der Waals surface area contributed by atoms with Crippen LogP contribution in [0.2, 0.25) is 0 Å². The summed E-state index contributed by atoms with van der Waals surface area (Å²) >= 11 is 0. The van der Waals surface area contributed by atoms with E-state index in [2.05, 4.69) is 254 Å². The molecule has 0 saturated heterocycles. The van der Waals surface area contributed by atoms with Crippen LogP contribution in [0.4, 0.5) is 17.1 Å². The van der Waals surface area contributed by atoms with Gasteiger partial charge < -0.3 is 9.32 Å². The number of hydrogen-bond acceptors (Lipinski definition) is 2. The van der Waals surface area contributed by atoms with Crippen molar-refractivity contribution in [3.63, 3.8) is 0 Å². The van der Waals surface area contributed by atoms with Gasteiger partial charge in [-0.2, -0.15) is 0 Å². The highest BCUT2D eigenvalue weighted by atomic mass is 16.3. The molecule has 0 aliphatic carbocycles. The lowest BCUT2D eigenvalue weighted by molar-refractivity contribution is 0.669. The van der Waals surface area contributed by atoms with Crippen LogP contribution >= 0.6 is 0 Å². The summed E-state index contributed by atoms with van der Waals surface area (Å²) in [5, 5.41) is 4.74. The molecular weight excluding hydrogens is 799 g/mol. The molecule has 310 valence electrons. The Bertz CT molecular complexity index is 3680. The first kappa shape index (κ1) is 38.9. The molecule has 0 atom stereocenters. The largest absolute Gasteiger partial charge is 0.456 e. The van der Waals surface area contributed by atoms with Crippen LogP contribution in [0.5, 0.6) is 0 Å². The molecule has 0 amide bonds. The third-order valence-electron chi connectivity index (χ3n) is 12.9. The Balaban J connectivity index is 1.00. The fourth-order valence-electron chi connectivity index (χ4n) is 9.60. The van der Waals surface area contributed by atoms with Crippen molar-refractivity contribution in [2.24, 2.45) is 0 Å². The van der Waals surface area contributed by atoms with Crippen molar-refractivity contribution in [3.05, 3.63) is 261 Å². The Morgan fingerprint density at radius 2 is 0.727 bits per heavy atom. The minimum absolute atomic E-state index is 0.892. The first-order valence-electron chi connectivity index (χ1n) is 22.6. The van der Waals surface area contributed by atoms with Gasteiger partial charge in [-0.05, 0) is 133 Å². The Kier molecular flexibility index (Phi) is 9.89. The standard InChI is InChI=1S/C64H43NO/c1-3-15-44(16-4-1)51-33-39-55(48-18-5-2-6-19-48)61(42-51)57-22-10-9-21-56(57)58-23-11-13-25-62(58)65(53-35-29-46(30-36-53)50-28-27-45-17-7-8-20-49(45)41-50)54-37-31-47(32-38-54)52-34-40-60-59-24-12-14-26-63(59)66-64(60)43-52/h1-43H. The molecule has 0 aliphatic rings. The van der Waals surface area contributed by atoms with Crippen LogP contribution in [0.25, 0.3) is 99.5 Å². The van der Waals surface area contributed by atoms with Gasteiger partial charge in [0.05, 0.1) is 5.69 Å². The average molecular weight is 842 g/mol. The number of anilines is 3. The lowest BCUT2D eigenvalue weighted by Crippen LogP contribution is -2.11. The van der Waals surface area contributed by atoms with Gasteiger partial charge in [-0.15, -0.1) is 0 Å². The highest BCUT2D eigenvalue weighted by molar-refractivity contribution is 6.06. The van der Waals surface area contributed by atoms with Gasteiger partial charge in [-0.25, -0.2) is 0 Å². The van der Waals surface area contributed by atoms with E-state index in [4.69, 9.17) is 4.42 Å². The van der Waals surface area contributed by atoms with Crippen molar-refractivity contribution in [3.8, 4) is 66.8 Å². The molecule has 2 heteroatoms. The molecule has 1 aromatic heterocycles. The van der Waals surface area contributed by atoms with E-state index in [1.54, 1.807) is 0 Å². The summed E-state index contributed by atoms with van der Waals surface area (Å²) in [6.07, 6.45) is 0. The average Bonchev–Trinajstić information content (AvgIpc) is 3.78. The number of para-hydroxylation sites is 2. The van der Waals surface area contributed by atoms with Crippen LogP contribution < -0.4 is 4.90 Å². The summed E-state index contributed by atoms with van der Waals surface area (Å²) in [7, 11) is 0. The lowest BCUT2D eigenvalue weighted by atomic mass is 9.87. The minimum Gasteiger partial charge on any atom is -0.456 e. The van der Waals surface area contributed by atoms with Crippen LogP contribution in [-0.4, -0.2) is 0 Å². The summed E-state index contributed by atoms with van der Waals surface area (Å²) in [5.74, 6) is 0. The third kappa shape index (κ3) is 7.21. The van der Waals surface area contributed by atoms with Crippen LogP contribution in [-0.2, 0) is 0 Å². The summed E-state index contributed by atoms with van der Waals surface area (Å²) < 4.78 is 6.30. The number of fused-ring (bicyclic) bond motifs is 4. The molecule has 0 unspecified atom stereocenters. The Labute approximate surface area is 384 Å². The fraction of sp³-hybridized carbons (Fsp3) is 0. The Morgan fingerprint density at radius 3 is 1.45 bits per heavy atom. The van der Waals surface area contributed by atoms with Gasteiger partial charge in [0.2, 0.25) is 0 Å². The first-order valence-corrected chi connectivity index (χ1v) is 22.6. The number of benzene rings is 11. The molecule has 0 radical (unpaired) electrons. The van der Waals surface area contributed by atoms with Crippen LogP contribution in [0.1, 0.15) is 0 Å². The molecule has 12 aromatic rings. The summed E-state index contributed by atoms with van der Waals surface area (Å²) in [4.78, 5) is 2.40. The zero-order chi connectivity index (χ0) is 43.8. The quantitative estimate of drug-likeness (QED) is 0.144. The van der Waals surface area contributed by atoms with Crippen LogP contribution in [0, 0.1) is 0 Å². The highest BCUT2D eigenvalue weighted by Crippen LogP contribution is 2.46. The molecule has 0 bridgehead atoms. The van der Waals surface area contributed by atoms with Gasteiger partial charge in [-0.1, -0.05) is 200 Å². The van der Waals surface area contributed by atoms with Crippen LogP contribution in [0.3, 0.4) is 0 Å². The molecule has 0 saturated carbocycles. The van der Waals surface area contributed by atoms with E-state index in [0.29, 0.717) is 0 Å². The predicted octanol–water partition coefficient (Wildman–Crippen LogP) is 18.2. The van der Waals surface area contributed by atoms with Gasteiger partial charge in [0, 0.05) is 27.7 Å². The van der Waals surface area contributed by atoms with E-state index in [0.717, 1.165) is 61.3 Å². The molecule has 66 heavy (non-hydrogen) atoms. The minimum atomic E-state index is 0.892. The molecule has 11 aromatic carbocycles. The van der Waals surface area contributed by atoms with Crippen molar-refractivity contribution in [2.75, 3.05) is 4.90 Å². The summed E-state index contributed by atoms with van der Waals surface area (Å²) in [5.41, 5.74) is 19.0. The maximum absolute atomic E-state index is 6.30. The Hall–Kier alpha value is -8.72. The second-order valence-corrected chi connectivity index (χ2v) is 16.9. The van der Waals surface area contributed by atoms with Crippen molar-refractivity contribution >= 4 is 49.8 Å². The predicted molar refractivity (Wildman–Crippen MR) is 279 cm³/mol. The number of nitrogens with zero attached hydrogens (tertiary/aromatic N) is 1. The van der Waals surface area contributed by atoms with E-state index < -0.39 is 0 Å². The van der Waals surface area contributed by atoms with Crippen molar-refractivity contribution in [2.45, 2.75) is 0 Å². The molecule has 1 heterocycles. The number of rotatable bonds is 9. The second-order valence-electron chi connectivity index (χ2n) is 16.9. The first-order chi connectivity index (χ1) is 32.7. The van der Waals surface area contributed by atoms with Gasteiger partial charge >= 0.3 is 0 Å². The maximum Gasteiger partial charge on any atom is 0.136 e. The Morgan fingerprint density at radius 1 is 0.242 bits per heavy atom. The lowest BCUT2D eigenvalue weighted by Gasteiger charge is -2.29. The molecular formula is C64H43NO. The molecule has 0 aliphatic heterocycles. The van der Waals surface area contributed by atoms with Gasteiger partial charge in [0.15, 0.2) is 0 Å². The summed E-state index contributed by atoms with van der Waals surface area (Å²) in [6, 6.07) is 94.1. The van der Waals surface area contributed by atoms with E-state index in [1.807, 2.05) is 12.1 Å². The molecule has 0 fully saturated rings. The zero-order valence-corrected chi connectivity index (χ0v) is 36.2. The fourth-order valence-corrected chi connectivity index (χ4v) is 9.60. The maximum atomic E-state index is 6.30. The van der Waals surface area contributed by atoms with E-state index >= 15 is 0 Å². The molecule has 0 N–H and O–H groups in total. The summed E-state index contributed by atoms with van der Waals surface area (Å²) in [6.45, 7) is 0. The third-order valence-corrected chi connectivity index (χ3v) is 12.9. The van der Waals surface area contributed by atoms with Gasteiger partial charge in [0.1, 0.15) is 11.2 Å². The highest BCUT2D eigenvalue weighted by Gasteiger charge is 2.21. The second kappa shape index (κ2) is 16.8. The van der Waals surface area contributed by atoms with E-state index in [-0.39, 0.29) is 0 Å². The van der Waals surface area contributed by atoms with Crippen molar-refractivity contribution < 1.29 is 4.42 Å². The van der Waals surface area contributed by atoms with Crippen molar-refractivity contribution in [1.82, 2.24) is 0 Å². The van der Waals surface area contributed by atoms with Crippen molar-refractivity contribution in [1.29, 1.82) is 0 Å². The molecule has 0 spiro atoms. The van der Waals surface area contributed by atoms with Gasteiger partial charge in [0.25, 0.3) is 0 Å². The van der Waals surface area contributed by atoms with Crippen LogP contribution in [0.15, 0.2) is 265 Å². The van der Waals surface area contributed by atoms with Gasteiger partial charge in [-0.3, -0.25) is 0 Å². The number of hydrogen-bond donors (Lipinski definition) is 0. The topological polar surface area (TPSA) is 16.4 Å². The number of furan rings is 1. The normalized spacial score (nSPS) is 11.3. The zero-order valence-electron chi connectivity index (χ0n) is 36.2. The molecule has 12 rings (SSSR count). The van der Waals surface area contributed by atoms with E-state index in [1.165, 1.54) is 55.3 Å². The monoisotopic (exact) mass is 841 g/mol. The van der Waals surface area contributed by atoms with E-state index in [9.17, 15) is 0 Å². The smallest absolute Gasteiger partial charge is 0.136 e. The molecule has 2 nitrogen and oxygen atoms in total.